The van der Waals surface area contributed by atoms with E-state index < -0.39 is 0 Å². The van der Waals surface area contributed by atoms with Crippen molar-refractivity contribution >= 4 is 17.3 Å². The molecule has 3 N–H and O–H groups in total. The Morgan fingerprint density at radius 1 is 1.10 bits per heavy atom. The second-order valence-electron chi connectivity index (χ2n) is 6.03. The Morgan fingerprint density at radius 3 is 2.71 bits per heavy atom. The van der Waals surface area contributed by atoms with Gasteiger partial charge in [0.05, 0.1) is 11.4 Å². The normalized spacial score (nSPS) is 25.6. The highest BCUT2D eigenvalue weighted by molar-refractivity contribution is 5.98. The highest BCUT2D eigenvalue weighted by Crippen LogP contribution is 2.60. The molecule has 1 fully saturated rings. The molecule has 0 spiro atoms. The molecule has 2 aromatic rings. The molecule has 4 rings (SSSR count). The number of aryl methyl sites for hydroxylation is 1. The minimum atomic E-state index is 0.105. The van der Waals surface area contributed by atoms with Gasteiger partial charge in [0.1, 0.15) is 0 Å². The molecule has 0 heterocycles. The maximum atomic E-state index is 12.5. The van der Waals surface area contributed by atoms with Crippen LogP contribution in [-0.2, 0) is 11.2 Å². The van der Waals surface area contributed by atoms with E-state index in [2.05, 4.69) is 29.6 Å². The van der Waals surface area contributed by atoms with Crippen LogP contribution >= 0.6 is 0 Å². The predicted octanol–water partition coefficient (Wildman–Crippen LogP) is 3.18. The Morgan fingerprint density at radius 2 is 1.86 bits per heavy atom. The first-order chi connectivity index (χ1) is 10.3. The molecule has 2 aliphatic rings. The molecule has 0 aliphatic heterocycles. The van der Waals surface area contributed by atoms with Crippen LogP contribution in [-0.4, -0.2) is 5.91 Å². The van der Waals surface area contributed by atoms with Gasteiger partial charge in [-0.15, -0.1) is 0 Å². The molecule has 21 heavy (non-hydrogen) atoms. The van der Waals surface area contributed by atoms with Crippen molar-refractivity contribution in [3.05, 3.63) is 59.7 Å². The second-order valence-corrected chi connectivity index (χ2v) is 6.03. The lowest BCUT2D eigenvalue weighted by molar-refractivity contribution is -0.117. The first-order valence-corrected chi connectivity index (χ1v) is 7.49. The van der Waals surface area contributed by atoms with Crippen LogP contribution in [0.5, 0.6) is 0 Å². The highest BCUT2D eigenvalue weighted by atomic mass is 16.2. The number of rotatable bonds is 2. The molecule has 0 aromatic heterocycles. The number of anilines is 2. The van der Waals surface area contributed by atoms with E-state index in [1.165, 1.54) is 11.1 Å². The molecule has 2 aromatic carbocycles. The van der Waals surface area contributed by atoms with Gasteiger partial charge in [-0.25, -0.2) is 0 Å². The molecule has 106 valence electrons. The lowest BCUT2D eigenvalue weighted by atomic mass is 9.92. The second kappa shape index (κ2) is 4.62. The number of carbonyl (C=O) groups excluding carboxylic acids is 1. The molecule has 0 radical (unpaired) electrons. The summed E-state index contributed by atoms with van der Waals surface area (Å²) in [5, 5.41) is 3.00. The first-order valence-electron chi connectivity index (χ1n) is 7.49. The summed E-state index contributed by atoms with van der Waals surface area (Å²) in [4.78, 5) is 12.5. The lowest BCUT2D eigenvalue weighted by Crippen LogP contribution is -2.16. The third-order valence-electron chi connectivity index (χ3n) is 4.85. The van der Waals surface area contributed by atoms with Gasteiger partial charge in [-0.1, -0.05) is 36.4 Å². The Bertz CT molecular complexity index is 710. The number of carbonyl (C=O) groups is 1. The van der Waals surface area contributed by atoms with Gasteiger partial charge in [0.15, 0.2) is 0 Å². The third kappa shape index (κ3) is 2.00. The predicted molar refractivity (Wildman–Crippen MR) is 84.0 cm³/mol. The lowest BCUT2D eigenvalue weighted by Gasteiger charge is -2.13. The maximum Gasteiger partial charge on any atom is 0.228 e. The van der Waals surface area contributed by atoms with Crippen LogP contribution in [0.1, 0.15) is 23.5 Å². The molecular formula is C18H18N2O. The average molecular weight is 278 g/mol. The topological polar surface area (TPSA) is 55.1 Å². The Balaban J connectivity index is 1.55. The van der Waals surface area contributed by atoms with Crippen LogP contribution in [0.2, 0.25) is 0 Å². The van der Waals surface area contributed by atoms with Gasteiger partial charge in [-0.2, -0.15) is 0 Å². The SMILES string of the molecule is Nc1ccccc1NC(=O)C1C2CCc3ccccc3C21. The van der Waals surface area contributed by atoms with Crippen molar-refractivity contribution in [1.82, 2.24) is 0 Å². The van der Waals surface area contributed by atoms with E-state index in [1.807, 2.05) is 24.3 Å². The van der Waals surface area contributed by atoms with Crippen molar-refractivity contribution in [2.24, 2.45) is 11.8 Å². The fraction of sp³-hybridized carbons (Fsp3) is 0.278. The fourth-order valence-corrected chi connectivity index (χ4v) is 3.75. The van der Waals surface area contributed by atoms with Gasteiger partial charge < -0.3 is 11.1 Å². The van der Waals surface area contributed by atoms with E-state index in [0.717, 1.165) is 18.5 Å². The number of benzene rings is 2. The van der Waals surface area contributed by atoms with Crippen LogP contribution in [0, 0.1) is 11.8 Å². The van der Waals surface area contributed by atoms with Crippen molar-refractivity contribution in [2.45, 2.75) is 18.8 Å². The van der Waals surface area contributed by atoms with Crippen molar-refractivity contribution in [3.63, 3.8) is 0 Å². The zero-order chi connectivity index (χ0) is 14.4. The minimum Gasteiger partial charge on any atom is -0.397 e. The molecule has 3 atom stereocenters. The minimum absolute atomic E-state index is 0.105. The van der Waals surface area contributed by atoms with Gasteiger partial charge in [-0.05, 0) is 47.9 Å². The van der Waals surface area contributed by atoms with Crippen LogP contribution in [0.25, 0.3) is 0 Å². The number of para-hydroxylation sites is 2. The third-order valence-corrected chi connectivity index (χ3v) is 4.85. The van der Waals surface area contributed by atoms with Crippen molar-refractivity contribution in [3.8, 4) is 0 Å². The van der Waals surface area contributed by atoms with Gasteiger partial charge >= 0.3 is 0 Å². The fourth-order valence-electron chi connectivity index (χ4n) is 3.75. The number of fused-ring (bicyclic) bond motifs is 3. The zero-order valence-corrected chi connectivity index (χ0v) is 11.8. The maximum absolute atomic E-state index is 12.5. The number of nitrogens with two attached hydrogens (primary N) is 1. The van der Waals surface area contributed by atoms with E-state index in [1.54, 1.807) is 0 Å². The van der Waals surface area contributed by atoms with Crippen molar-refractivity contribution in [2.75, 3.05) is 11.1 Å². The zero-order valence-electron chi connectivity index (χ0n) is 11.8. The van der Waals surface area contributed by atoms with E-state index >= 15 is 0 Å². The Hall–Kier alpha value is -2.29. The monoisotopic (exact) mass is 278 g/mol. The standard InChI is InChI=1S/C18H18N2O/c19-14-7-3-4-8-15(14)20-18(21)17-13-10-9-11-5-1-2-6-12(11)16(13)17/h1-8,13,16-17H,9-10,19H2,(H,20,21). The summed E-state index contributed by atoms with van der Waals surface area (Å²) in [6, 6.07) is 16.0. The Kier molecular flexibility index (Phi) is 2.74. The first kappa shape index (κ1) is 12.5. The molecule has 1 saturated carbocycles. The summed E-state index contributed by atoms with van der Waals surface area (Å²) in [6.45, 7) is 0. The smallest absolute Gasteiger partial charge is 0.228 e. The van der Waals surface area contributed by atoms with Gasteiger partial charge in [0.25, 0.3) is 0 Å². The summed E-state index contributed by atoms with van der Waals surface area (Å²) in [5.41, 5.74) is 10.0. The van der Waals surface area contributed by atoms with Crippen molar-refractivity contribution in [1.29, 1.82) is 0 Å². The van der Waals surface area contributed by atoms with Crippen LogP contribution in [0.3, 0.4) is 0 Å². The molecule has 3 unspecified atom stereocenters. The molecule has 3 heteroatoms. The molecule has 3 nitrogen and oxygen atoms in total. The van der Waals surface area contributed by atoms with E-state index in [4.69, 9.17) is 5.73 Å². The van der Waals surface area contributed by atoms with E-state index in [-0.39, 0.29) is 11.8 Å². The average Bonchev–Trinajstić information content (AvgIpc) is 3.24. The molecule has 2 aliphatic carbocycles. The summed E-state index contributed by atoms with van der Waals surface area (Å²) in [6.07, 6.45) is 2.21. The van der Waals surface area contributed by atoms with Gasteiger partial charge in [0.2, 0.25) is 5.91 Å². The largest absolute Gasteiger partial charge is 0.397 e. The number of nitrogen functional groups attached to an aromatic ring is 1. The molecule has 1 amide bonds. The molecule has 0 bridgehead atoms. The number of nitrogens with one attached hydrogen (secondary N) is 1. The number of hydrogen-bond donors (Lipinski definition) is 2. The van der Waals surface area contributed by atoms with E-state index in [9.17, 15) is 4.79 Å². The van der Waals surface area contributed by atoms with E-state index in [0.29, 0.717) is 17.5 Å². The van der Waals surface area contributed by atoms with Crippen LogP contribution in [0.4, 0.5) is 11.4 Å². The summed E-state index contributed by atoms with van der Waals surface area (Å²) in [5.74, 6) is 1.12. The quantitative estimate of drug-likeness (QED) is 0.829. The van der Waals surface area contributed by atoms with Crippen LogP contribution < -0.4 is 11.1 Å². The van der Waals surface area contributed by atoms with Gasteiger partial charge in [0, 0.05) is 5.92 Å². The Labute approximate surface area is 124 Å². The summed E-state index contributed by atoms with van der Waals surface area (Å²) >= 11 is 0. The summed E-state index contributed by atoms with van der Waals surface area (Å²) < 4.78 is 0. The van der Waals surface area contributed by atoms with Crippen LogP contribution in [0.15, 0.2) is 48.5 Å². The highest BCUT2D eigenvalue weighted by Gasteiger charge is 2.56. The molecule has 0 saturated heterocycles. The number of amides is 1. The number of hydrogen-bond acceptors (Lipinski definition) is 2. The van der Waals surface area contributed by atoms with Gasteiger partial charge in [-0.3, -0.25) is 4.79 Å². The van der Waals surface area contributed by atoms with Crippen molar-refractivity contribution < 1.29 is 4.79 Å². The summed E-state index contributed by atoms with van der Waals surface area (Å²) in [7, 11) is 0. The molecular weight excluding hydrogens is 260 g/mol.